The molecule has 0 aliphatic heterocycles. The van der Waals surface area contributed by atoms with E-state index in [0.29, 0.717) is 6.04 Å². The van der Waals surface area contributed by atoms with Gasteiger partial charge in [0.25, 0.3) is 0 Å². The van der Waals surface area contributed by atoms with E-state index >= 15 is 0 Å². The van der Waals surface area contributed by atoms with Crippen LogP contribution in [0.4, 0.5) is 0 Å². The van der Waals surface area contributed by atoms with Crippen LogP contribution in [0.15, 0.2) is 0 Å². The smallest absolute Gasteiger partial charge is 0.0244 e. The minimum Gasteiger partial charge on any atom is -0.271 e. The highest BCUT2D eigenvalue weighted by molar-refractivity contribution is 5.15. The summed E-state index contributed by atoms with van der Waals surface area (Å²) in [5, 5.41) is 0. The first-order chi connectivity index (χ1) is 9.86. The Morgan fingerprint density at radius 2 is 1.55 bits per heavy atom. The van der Waals surface area contributed by atoms with Crippen molar-refractivity contribution < 1.29 is 0 Å². The maximum Gasteiger partial charge on any atom is 0.0244 e. The van der Waals surface area contributed by atoms with Crippen LogP contribution in [0.2, 0.25) is 0 Å². The molecule has 0 heterocycles. The molecular formula is C18H34N2. The molecule has 20 heavy (non-hydrogen) atoms. The number of unbranched alkanes of at least 4 members (excludes halogenated alkanes) is 6. The van der Waals surface area contributed by atoms with Gasteiger partial charge < -0.3 is 0 Å². The quantitative estimate of drug-likeness (QED) is 0.356. The molecule has 0 saturated heterocycles. The molecule has 3 rings (SSSR count). The summed E-state index contributed by atoms with van der Waals surface area (Å²) in [5.41, 5.74) is 3.17. The first-order valence-electron chi connectivity index (χ1n) is 9.33. The zero-order valence-corrected chi connectivity index (χ0v) is 13.3. The molecule has 5 atom stereocenters. The first kappa shape index (κ1) is 14.8. The summed E-state index contributed by atoms with van der Waals surface area (Å²) in [7, 11) is 0. The standard InChI is InChI=1S/C18H34N2/c1-2-3-4-5-6-7-8-9-15(20-19)18-16-13-10-11-14(12-13)17(16)18/h13-18,20H,2-12,19H2,1H3. The van der Waals surface area contributed by atoms with Gasteiger partial charge in [-0.15, -0.1) is 0 Å². The van der Waals surface area contributed by atoms with Crippen molar-refractivity contribution >= 4 is 0 Å². The van der Waals surface area contributed by atoms with Gasteiger partial charge in [0.2, 0.25) is 0 Å². The molecule has 116 valence electrons. The van der Waals surface area contributed by atoms with E-state index in [1.807, 2.05) is 0 Å². The summed E-state index contributed by atoms with van der Waals surface area (Å²) in [4.78, 5) is 0. The molecule has 0 spiro atoms. The molecule has 3 fully saturated rings. The van der Waals surface area contributed by atoms with Crippen LogP contribution in [-0.2, 0) is 0 Å². The molecule has 5 unspecified atom stereocenters. The van der Waals surface area contributed by atoms with Crippen molar-refractivity contribution in [2.45, 2.75) is 83.6 Å². The van der Waals surface area contributed by atoms with E-state index in [9.17, 15) is 0 Å². The first-order valence-corrected chi connectivity index (χ1v) is 9.33. The molecule has 0 aromatic rings. The van der Waals surface area contributed by atoms with Gasteiger partial charge in [-0.2, -0.15) is 0 Å². The van der Waals surface area contributed by atoms with Gasteiger partial charge in [-0.1, -0.05) is 51.9 Å². The van der Waals surface area contributed by atoms with Crippen LogP contribution in [0.5, 0.6) is 0 Å². The van der Waals surface area contributed by atoms with Crippen molar-refractivity contribution in [3.63, 3.8) is 0 Å². The molecule has 2 bridgehead atoms. The summed E-state index contributed by atoms with van der Waals surface area (Å²) < 4.78 is 0. The molecule has 3 aliphatic rings. The number of nitrogens with two attached hydrogens (primary N) is 1. The summed E-state index contributed by atoms with van der Waals surface area (Å²) >= 11 is 0. The van der Waals surface area contributed by atoms with Crippen LogP contribution in [0, 0.1) is 29.6 Å². The third kappa shape index (κ3) is 2.92. The van der Waals surface area contributed by atoms with E-state index in [1.165, 1.54) is 64.2 Å². The molecule has 0 aromatic heterocycles. The predicted molar refractivity (Wildman–Crippen MR) is 85.0 cm³/mol. The normalized spacial score (nSPS) is 39.0. The Hall–Kier alpha value is -0.0800. The number of fused-ring (bicyclic) bond motifs is 5. The highest BCUT2D eigenvalue weighted by Crippen LogP contribution is 2.70. The zero-order chi connectivity index (χ0) is 13.9. The minimum absolute atomic E-state index is 0.629. The van der Waals surface area contributed by atoms with Crippen LogP contribution < -0.4 is 11.3 Å². The van der Waals surface area contributed by atoms with E-state index in [-0.39, 0.29) is 0 Å². The van der Waals surface area contributed by atoms with E-state index in [4.69, 9.17) is 5.84 Å². The van der Waals surface area contributed by atoms with Crippen molar-refractivity contribution in [1.29, 1.82) is 0 Å². The molecule has 0 aromatic carbocycles. The largest absolute Gasteiger partial charge is 0.271 e. The number of rotatable bonds is 10. The number of hydrogen-bond donors (Lipinski definition) is 2. The molecule has 3 N–H and O–H groups in total. The van der Waals surface area contributed by atoms with Crippen LogP contribution >= 0.6 is 0 Å². The number of hydrazine groups is 1. The van der Waals surface area contributed by atoms with Gasteiger partial charge in [0.05, 0.1) is 0 Å². The Balaban J connectivity index is 1.31. The summed E-state index contributed by atoms with van der Waals surface area (Å²) in [6.07, 6.45) is 15.8. The number of nitrogens with one attached hydrogen (secondary N) is 1. The second kappa shape index (κ2) is 6.79. The average molecular weight is 278 g/mol. The highest BCUT2D eigenvalue weighted by atomic mass is 15.2. The Labute approximate surface area is 125 Å². The maximum atomic E-state index is 5.86. The summed E-state index contributed by atoms with van der Waals surface area (Å²) in [5.74, 6) is 11.1. The van der Waals surface area contributed by atoms with Gasteiger partial charge in [-0.25, -0.2) is 0 Å². The van der Waals surface area contributed by atoms with E-state index in [1.54, 1.807) is 6.42 Å². The van der Waals surface area contributed by atoms with E-state index < -0.39 is 0 Å². The van der Waals surface area contributed by atoms with E-state index in [2.05, 4.69) is 12.3 Å². The van der Waals surface area contributed by atoms with Crippen LogP contribution in [0.3, 0.4) is 0 Å². The molecule has 3 aliphatic carbocycles. The SMILES string of the molecule is CCCCCCCCCC(NN)C1C2C3CCC(C3)C21. The molecule has 0 radical (unpaired) electrons. The Kier molecular flexibility index (Phi) is 5.04. The van der Waals surface area contributed by atoms with Gasteiger partial charge in [0, 0.05) is 6.04 Å². The molecule has 0 amide bonds. The Morgan fingerprint density at radius 3 is 2.15 bits per heavy atom. The lowest BCUT2D eigenvalue weighted by Gasteiger charge is -2.19. The van der Waals surface area contributed by atoms with Crippen LogP contribution in [-0.4, -0.2) is 6.04 Å². The third-order valence-electron chi connectivity index (χ3n) is 6.59. The minimum atomic E-state index is 0.629. The fourth-order valence-corrected chi connectivity index (χ4v) is 5.64. The maximum absolute atomic E-state index is 5.86. The second-order valence-electron chi connectivity index (χ2n) is 7.75. The third-order valence-corrected chi connectivity index (χ3v) is 6.59. The lowest BCUT2D eigenvalue weighted by Crippen LogP contribution is -2.38. The van der Waals surface area contributed by atoms with Crippen molar-refractivity contribution in [2.75, 3.05) is 0 Å². The zero-order valence-electron chi connectivity index (χ0n) is 13.3. The lowest BCUT2D eigenvalue weighted by atomic mass is 9.94. The Morgan fingerprint density at radius 1 is 0.950 bits per heavy atom. The molecule has 2 nitrogen and oxygen atoms in total. The fourth-order valence-electron chi connectivity index (χ4n) is 5.64. The van der Waals surface area contributed by atoms with Gasteiger partial charge in [0.15, 0.2) is 0 Å². The molecular weight excluding hydrogens is 244 g/mol. The van der Waals surface area contributed by atoms with Gasteiger partial charge in [-0.3, -0.25) is 11.3 Å². The van der Waals surface area contributed by atoms with Crippen molar-refractivity contribution in [1.82, 2.24) is 5.43 Å². The topological polar surface area (TPSA) is 38.0 Å². The van der Waals surface area contributed by atoms with Crippen molar-refractivity contribution in [3.8, 4) is 0 Å². The van der Waals surface area contributed by atoms with E-state index in [0.717, 1.165) is 29.6 Å². The van der Waals surface area contributed by atoms with Crippen molar-refractivity contribution in [2.24, 2.45) is 35.4 Å². The molecule has 2 heteroatoms. The Bertz CT molecular complexity index is 288. The molecule has 3 saturated carbocycles. The lowest BCUT2D eigenvalue weighted by molar-refractivity contribution is 0.343. The van der Waals surface area contributed by atoms with Crippen LogP contribution in [0.1, 0.15) is 77.6 Å². The number of hydrogen-bond acceptors (Lipinski definition) is 2. The van der Waals surface area contributed by atoms with Crippen LogP contribution in [0.25, 0.3) is 0 Å². The summed E-state index contributed by atoms with van der Waals surface area (Å²) in [6, 6.07) is 0.629. The monoisotopic (exact) mass is 278 g/mol. The van der Waals surface area contributed by atoms with Gasteiger partial charge in [-0.05, 0) is 55.3 Å². The summed E-state index contributed by atoms with van der Waals surface area (Å²) in [6.45, 7) is 2.29. The van der Waals surface area contributed by atoms with Gasteiger partial charge in [0.1, 0.15) is 0 Å². The predicted octanol–water partition coefficient (Wildman–Crippen LogP) is 4.25. The van der Waals surface area contributed by atoms with Crippen molar-refractivity contribution in [3.05, 3.63) is 0 Å². The highest BCUT2D eigenvalue weighted by Gasteiger charge is 2.66. The fraction of sp³-hybridized carbons (Fsp3) is 1.00. The van der Waals surface area contributed by atoms with Gasteiger partial charge >= 0.3 is 0 Å². The average Bonchev–Trinajstić information content (AvgIpc) is 2.89. The second-order valence-corrected chi connectivity index (χ2v) is 7.75.